The van der Waals surface area contributed by atoms with Crippen molar-refractivity contribution in [2.24, 2.45) is 0 Å². The normalized spacial score (nSPS) is 19.1. The number of nitrogens with one attached hydrogen (secondary N) is 2. The van der Waals surface area contributed by atoms with Gasteiger partial charge in [0.1, 0.15) is 0 Å². The first kappa shape index (κ1) is 21.3. The summed E-state index contributed by atoms with van der Waals surface area (Å²) in [5.41, 5.74) is 0.851. The van der Waals surface area contributed by atoms with E-state index in [2.05, 4.69) is 10.6 Å². The third kappa shape index (κ3) is 5.12. The number of carbonyl (C=O) groups excluding carboxylic acids is 2. The molecule has 2 aromatic rings. The molecule has 0 aromatic heterocycles. The van der Waals surface area contributed by atoms with Gasteiger partial charge in [-0.3, -0.25) is 9.59 Å². The van der Waals surface area contributed by atoms with Crippen molar-refractivity contribution >= 4 is 58.2 Å². The summed E-state index contributed by atoms with van der Waals surface area (Å²) < 4.78 is 0. The second-order valence-electron chi connectivity index (χ2n) is 6.70. The van der Waals surface area contributed by atoms with Gasteiger partial charge in [-0.15, -0.1) is 0 Å². The molecule has 0 unspecified atom stereocenters. The molecule has 0 saturated heterocycles. The van der Waals surface area contributed by atoms with Gasteiger partial charge in [-0.2, -0.15) is 0 Å². The van der Waals surface area contributed by atoms with Gasteiger partial charge in [0.2, 0.25) is 0 Å². The van der Waals surface area contributed by atoms with Crippen molar-refractivity contribution in [1.82, 2.24) is 10.6 Å². The van der Waals surface area contributed by atoms with Crippen LogP contribution in [0.15, 0.2) is 36.4 Å². The maximum atomic E-state index is 12.6. The molecule has 2 atom stereocenters. The minimum Gasteiger partial charge on any atom is -0.347 e. The van der Waals surface area contributed by atoms with E-state index in [0.717, 1.165) is 25.7 Å². The highest BCUT2D eigenvalue weighted by molar-refractivity contribution is 6.42. The number of benzene rings is 2. The summed E-state index contributed by atoms with van der Waals surface area (Å²) in [6.07, 6.45) is 3.51. The zero-order valence-corrected chi connectivity index (χ0v) is 17.8. The molecule has 2 N–H and O–H groups in total. The van der Waals surface area contributed by atoms with E-state index in [9.17, 15) is 9.59 Å². The van der Waals surface area contributed by atoms with Crippen LogP contribution in [0.2, 0.25) is 20.1 Å². The smallest absolute Gasteiger partial charge is 0.251 e. The number of hydrogen-bond acceptors (Lipinski definition) is 2. The molecular weight excluding hydrogens is 442 g/mol. The molecule has 0 aliphatic heterocycles. The van der Waals surface area contributed by atoms with Crippen LogP contribution in [-0.4, -0.2) is 23.9 Å². The fourth-order valence-corrected chi connectivity index (χ4v) is 3.85. The van der Waals surface area contributed by atoms with Gasteiger partial charge in [-0.1, -0.05) is 59.2 Å². The molecule has 0 heterocycles. The van der Waals surface area contributed by atoms with E-state index in [1.165, 1.54) is 12.1 Å². The number of carbonyl (C=O) groups is 2. The summed E-state index contributed by atoms with van der Waals surface area (Å²) in [6.45, 7) is 0. The Hall–Kier alpha value is -1.46. The maximum absolute atomic E-state index is 12.6. The van der Waals surface area contributed by atoms with E-state index in [-0.39, 0.29) is 23.9 Å². The SMILES string of the molecule is O=C(N[C@H]1CCCC[C@H]1NC(=O)c1ccc(Cl)c(Cl)c1)c1ccc(Cl)c(Cl)c1. The largest absolute Gasteiger partial charge is 0.347 e. The molecule has 2 aromatic carbocycles. The fraction of sp³-hybridized carbons (Fsp3) is 0.300. The Balaban J connectivity index is 1.69. The summed E-state index contributed by atoms with van der Waals surface area (Å²) >= 11 is 23.8. The Kier molecular flexibility index (Phi) is 7.10. The molecule has 148 valence electrons. The predicted octanol–water partition coefficient (Wildman–Crippen LogP) is 5.77. The molecule has 1 saturated carbocycles. The number of rotatable bonds is 4. The summed E-state index contributed by atoms with van der Waals surface area (Å²) in [5.74, 6) is -0.501. The lowest BCUT2D eigenvalue weighted by atomic mass is 9.89. The minimum absolute atomic E-state index is 0.178. The molecule has 1 fully saturated rings. The van der Waals surface area contributed by atoms with Crippen LogP contribution in [0.3, 0.4) is 0 Å². The average molecular weight is 460 g/mol. The molecule has 8 heteroatoms. The lowest BCUT2D eigenvalue weighted by Gasteiger charge is -2.33. The van der Waals surface area contributed by atoms with E-state index in [4.69, 9.17) is 46.4 Å². The Bertz CT molecular complexity index is 830. The molecule has 1 aliphatic carbocycles. The highest BCUT2D eigenvalue weighted by atomic mass is 35.5. The van der Waals surface area contributed by atoms with Crippen LogP contribution in [0.5, 0.6) is 0 Å². The Labute approximate surface area is 183 Å². The van der Waals surface area contributed by atoms with Crippen molar-refractivity contribution in [2.45, 2.75) is 37.8 Å². The quantitative estimate of drug-likeness (QED) is 0.609. The van der Waals surface area contributed by atoms with E-state index >= 15 is 0 Å². The molecule has 0 spiro atoms. The fourth-order valence-electron chi connectivity index (χ4n) is 3.25. The molecule has 3 rings (SSSR count). The number of halogens is 4. The first-order valence-corrected chi connectivity index (χ1v) is 10.4. The standard InChI is InChI=1S/C20H18Cl4N2O2/c21-13-7-5-11(9-15(13)23)19(27)25-17-3-1-2-4-18(17)26-20(28)12-6-8-14(22)16(24)10-12/h5-10,17-18H,1-4H2,(H,25,27)(H,26,28)/t17-,18+. The van der Waals surface area contributed by atoms with Crippen LogP contribution in [-0.2, 0) is 0 Å². The topological polar surface area (TPSA) is 58.2 Å². The highest BCUT2D eigenvalue weighted by Crippen LogP contribution is 2.25. The zero-order chi connectivity index (χ0) is 20.3. The minimum atomic E-state index is -0.251. The predicted molar refractivity (Wildman–Crippen MR) is 114 cm³/mol. The summed E-state index contributed by atoms with van der Waals surface area (Å²) in [4.78, 5) is 25.2. The van der Waals surface area contributed by atoms with Gasteiger partial charge < -0.3 is 10.6 Å². The highest BCUT2D eigenvalue weighted by Gasteiger charge is 2.28. The van der Waals surface area contributed by atoms with Gasteiger partial charge in [0, 0.05) is 23.2 Å². The average Bonchev–Trinajstić information content (AvgIpc) is 2.67. The van der Waals surface area contributed by atoms with Gasteiger partial charge in [0.15, 0.2) is 0 Å². The van der Waals surface area contributed by atoms with Gasteiger partial charge >= 0.3 is 0 Å². The van der Waals surface area contributed by atoms with Gasteiger partial charge in [0.25, 0.3) is 11.8 Å². The van der Waals surface area contributed by atoms with Crippen LogP contribution in [0.25, 0.3) is 0 Å². The molecule has 0 bridgehead atoms. The van der Waals surface area contributed by atoms with Crippen LogP contribution in [0.4, 0.5) is 0 Å². The van der Waals surface area contributed by atoms with Crippen molar-refractivity contribution in [2.75, 3.05) is 0 Å². The van der Waals surface area contributed by atoms with Crippen molar-refractivity contribution < 1.29 is 9.59 Å². The van der Waals surface area contributed by atoms with Crippen molar-refractivity contribution in [3.05, 3.63) is 67.6 Å². The third-order valence-electron chi connectivity index (χ3n) is 4.76. The third-order valence-corrected chi connectivity index (χ3v) is 6.24. The summed E-state index contributed by atoms with van der Waals surface area (Å²) in [7, 11) is 0. The van der Waals surface area contributed by atoms with Gasteiger partial charge in [0.05, 0.1) is 20.1 Å². The van der Waals surface area contributed by atoms with Crippen LogP contribution >= 0.6 is 46.4 Å². The van der Waals surface area contributed by atoms with Crippen molar-refractivity contribution in [1.29, 1.82) is 0 Å². The second-order valence-corrected chi connectivity index (χ2v) is 8.33. The molecular formula is C20H18Cl4N2O2. The van der Waals surface area contributed by atoms with E-state index < -0.39 is 0 Å². The molecule has 28 heavy (non-hydrogen) atoms. The Morgan fingerprint density at radius 1 is 0.679 bits per heavy atom. The first-order valence-electron chi connectivity index (χ1n) is 8.87. The second kappa shape index (κ2) is 9.36. The van der Waals surface area contributed by atoms with Crippen molar-refractivity contribution in [3.63, 3.8) is 0 Å². The van der Waals surface area contributed by atoms with E-state index in [0.29, 0.717) is 31.2 Å². The van der Waals surface area contributed by atoms with Crippen LogP contribution < -0.4 is 10.6 Å². The molecule has 2 amide bonds. The zero-order valence-electron chi connectivity index (χ0n) is 14.8. The maximum Gasteiger partial charge on any atom is 0.251 e. The summed E-state index contributed by atoms with van der Waals surface area (Å²) in [5, 5.41) is 7.44. The van der Waals surface area contributed by atoms with Gasteiger partial charge in [-0.25, -0.2) is 0 Å². The summed E-state index contributed by atoms with van der Waals surface area (Å²) in [6, 6.07) is 9.12. The lowest BCUT2D eigenvalue weighted by molar-refractivity contribution is 0.0863. The first-order chi connectivity index (χ1) is 13.3. The van der Waals surface area contributed by atoms with Crippen LogP contribution in [0.1, 0.15) is 46.4 Å². The molecule has 1 aliphatic rings. The van der Waals surface area contributed by atoms with E-state index in [1.807, 2.05) is 0 Å². The number of hydrogen-bond donors (Lipinski definition) is 2. The molecule has 0 radical (unpaired) electrons. The van der Waals surface area contributed by atoms with E-state index in [1.54, 1.807) is 24.3 Å². The van der Waals surface area contributed by atoms with Crippen molar-refractivity contribution in [3.8, 4) is 0 Å². The Morgan fingerprint density at radius 2 is 1.07 bits per heavy atom. The molecule has 4 nitrogen and oxygen atoms in total. The van der Waals surface area contributed by atoms with Crippen LogP contribution in [0, 0.1) is 0 Å². The monoisotopic (exact) mass is 458 g/mol. The number of amides is 2. The Morgan fingerprint density at radius 3 is 1.43 bits per heavy atom. The van der Waals surface area contributed by atoms with Gasteiger partial charge in [-0.05, 0) is 49.2 Å². The lowest BCUT2D eigenvalue weighted by Crippen LogP contribution is -2.53.